The molecule has 0 saturated heterocycles. The van der Waals surface area contributed by atoms with Crippen molar-refractivity contribution in [1.82, 2.24) is 25.5 Å². The predicted octanol–water partition coefficient (Wildman–Crippen LogP) is -1.50. The first kappa shape index (κ1) is 19.5. The van der Waals surface area contributed by atoms with E-state index in [-0.39, 0.29) is 12.4 Å². The zero-order valence-electron chi connectivity index (χ0n) is 13.5. The lowest BCUT2D eigenvalue weighted by Gasteiger charge is -2.10. The van der Waals surface area contributed by atoms with E-state index >= 15 is 0 Å². The predicted molar refractivity (Wildman–Crippen MR) is 85.4 cm³/mol. The lowest BCUT2D eigenvalue weighted by Crippen LogP contribution is -3.00. The topological polar surface area (TPSA) is 74.1 Å². The Bertz CT molecular complexity index is 596. The summed E-state index contributed by atoms with van der Waals surface area (Å²) in [5.74, 6) is 2.49. The van der Waals surface area contributed by atoms with Crippen molar-refractivity contribution in [3.05, 3.63) is 23.8 Å². The molecule has 0 radical (unpaired) electrons. The van der Waals surface area contributed by atoms with Gasteiger partial charge in [0, 0.05) is 19.3 Å². The molecule has 128 valence electrons. The molecular formula is C14H21ClN5O2S-. The maximum atomic E-state index is 5.30. The molecule has 1 N–H and O–H groups in total. The van der Waals surface area contributed by atoms with Crippen molar-refractivity contribution in [3.63, 3.8) is 0 Å². The number of methoxy groups -OCH3 is 2. The van der Waals surface area contributed by atoms with E-state index in [1.54, 1.807) is 30.7 Å². The van der Waals surface area contributed by atoms with Gasteiger partial charge in [0.15, 0.2) is 11.5 Å². The smallest absolute Gasteiger partial charge is 0.209 e. The number of thioether (sulfide) groups is 1. The number of aryl methyl sites for hydroxylation is 1. The first-order valence-corrected chi connectivity index (χ1v) is 8.00. The lowest BCUT2D eigenvalue weighted by molar-refractivity contribution is -0.00000532. The molecule has 0 fully saturated rings. The van der Waals surface area contributed by atoms with Crippen molar-refractivity contribution >= 4 is 11.8 Å². The summed E-state index contributed by atoms with van der Waals surface area (Å²) in [7, 11) is 5.13. The summed E-state index contributed by atoms with van der Waals surface area (Å²) >= 11 is 1.66. The molecular weight excluding hydrogens is 338 g/mol. The second-order valence-electron chi connectivity index (χ2n) is 4.65. The number of halogens is 1. The van der Waals surface area contributed by atoms with Gasteiger partial charge in [-0.05, 0) is 41.1 Å². The van der Waals surface area contributed by atoms with Crippen molar-refractivity contribution < 1.29 is 21.9 Å². The largest absolute Gasteiger partial charge is 1.00 e. The minimum absolute atomic E-state index is 0. The Kier molecular flexibility index (Phi) is 8.75. The van der Waals surface area contributed by atoms with Crippen LogP contribution in [0.1, 0.15) is 12.0 Å². The molecule has 1 aromatic carbocycles. The number of nitrogens with zero attached hydrogens (tertiary/aromatic N) is 4. The lowest BCUT2D eigenvalue weighted by atomic mass is 10.2. The average molecular weight is 359 g/mol. The third kappa shape index (κ3) is 5.89. The second-order valence-corrected chi connectivity index (χ2v) is 5.72. The first-order chi connectivity index (χ1) is 10.7. The minimum Gasteiger partial charge on any atom is -1.00 e. The zero-order valence-corrected chi connectivity index (χ0v) is 15.0. The van der Waals surface area contributed by atoms with Crippen LogP contribution in [0.5, 0.6) is 11.5 Å². The van der Waals surface area contributed by atoms with Gasteiger partial charge in [-0.15, -0.1) is 5.10 Å². The third-order valence-corrected chi connectivity index (χ3v) is 4.18. The molecule has 2 aromatic rings. The fourth-order valence-corrected chi connectivity index (χ4v) is 2.72. The van der Waals surface area contributed by atoms with Gasteiger partial charge in [-0.1, -0.05) is 17.8 Å². The Morgan fingerprint density at radius 1 is 1.22 bits per heavy atom. The number of benzene rings is 1. The number of nitrogens with one attached hydrogen (secondary N) is 1. The quantitative estimate of drug-likeness (QED) is 0.432. The number of hydrogen-bond donors (Lipinski definition) is 1. The molecule has 0 aliphatic carbocycles. The highest BCUT2D eigenvalue weighted by Crippen LogP contribution is 2.27. The van der Waals surface area contributed by atoms with Crippen LogP contribution in [0.3, 0.4) is 0 Å². The maximum absolute atomic E-state index is 5.30. The van der Waals surface area contributed by atoms with E-state index in [0.29, 0.717) is 0 Å². The van der Waals surface area contributed by atoms with E-state index in [9.17, 15) is 0 Å². The normalized spacial score (nSPS) is 10.2. The number of tetrazole rings is 1. The van der Waals surface area contributed by atoms with E-state index in [2.05, 4.69) is 20.8 Å². The summed E-state index contributed by atoms with van der Waals surface area (Å²) < 4.78 is 12.2. The fourth-order valence-electron chi connectivity index (χ4n) is 1.93. The number of ether oxygens (including phenoxy) is 2. The Morgan fingerprint density at radius 3 is 2.65 bits per heavy atom. The highest BCUT2D eigenvalue weighted by atomic mass is 35.5. The molecule has 1 heterocycles. The van der Waals surface area contributed by atoms with E-state index in [1.807, 2.05) is 25.2 Å². The van der Waals surface area contributed by atoms with Gasteiger partial charge in [-0.2, -0.15) is 0 Å². The monoisotopic (exact) mass is 358 g/mol. The molecule has 7 nitrogen and oxygen atoms in total. The van der Waals surface area contributed by atoms with E-state index in [0.717, 1.165) is 41.9 Å². The molecule has 0 aliphatic heterocycles. The third-order valence-electron chi connectivity index (χ3n) is 3.09. The van der Waals surface area contributed by atoms with Gasteiger partial charge in [-0.3, -0.25) is 0 Å². The molecule has 1 aromatic heterocycles. The number of rotatable bonds is 9. The summed E-state index contributed by atoms with van der Waals surface area (Å²) in [6.07, 6.45) is 1.05. The first-order valence-electron chi connectivity index (χ1n) is 7.01. The average Bonchev–Trinajstić information content (AvgIpc) is 2.95. The van der Waals surface area contributed by atoms with E-state index < -0.39 is 0 Å². The van der Waals surface area contributed by atoms with Gasteiger partial charge in [0.2, 0.25) is 5.16 Å². The van der Waals surface area contributed by atoms with Crippen LogP contribution >= 0.6 is 11.8 Å². The minimum atomic E-state index is 0. The van der Waals surface area contributed by atoms with Crippen molar-refractivity contribution in [1.29, 1.82) is 0 Å². The highest BCUT2D eigenvalue weighted by molar-refractivity contribution is 7.99. The van der Waals surface area contributed by atoms with E-state index in [4.69, 9.17) is 9.47 Å². The molecule has 0 saturated carbocycles. The maximum Gasteiger partial charge on any atom is 0.209 e. The molecule has 0 spiro atoms. The SMILES string of the molecule is COc1ccc(CNCCCSc2nnnn2C)cc1OC.[Cl-]. The standard InChI is InChI=1S/C14H21N5O2S.ClH/c1-19-14(16-17-18-19)22-8-4-7-15-10-11-5-6-12(20-2)13(9-11)21-3;/h5-6,9,15H,4,7-8,10H2,1-3H3;1H/p-1. The second kappa shape index (κ2) is 10.3. The van der Waals surface area contributed by atoms with Gasteiger partial charge < -0.3 is 27.2 Å². The van der Waals surface area contributed by atoms with Crippen LogP contribution in [0.2, 0.25) is 0 Å². The molecule has 2 rings (SSSR count). The Labute approximate surface area is 146 Å². The zero-order chi connectivity index (χ0) is 15.8. The summed E-state index contributed by atoms with van der Waals surface area (Å²) in [5, 5.41) is 15.6. The fraction of sp³-hybridized carbons (Fsp3) is 0.500. The van der Waals surface area contributed by atoms with Crippen LogP contribution < -0.4 is 27.2 Å². The summed E-state index contributed by atoms with van der Waals surface area (Å²) in [5.41, 5.74) is 1.17. The van der Waals surface area contributed by atoms with Crippen molar-refractivity contribution in [3.8, 4) is 11.5 Å². The number of hydrogen-bond acceptors (Lipinski definition) is 7. The van der Waals surface area contributed by atoms with Crippen molar-refractivity contribution in [2.24, 2.45) is 7.05 Å². The molecule has 0 atom stereocenters. The summed E-state index contributed by atoms with van der Waals surface area (Å²) in [6, 6.07) is 5.95. The molecule has 0 bridgehead atoms. The summed E-state index contributed by atoms with van der Waals surface area (Å²) in [6.45, 7) is 1.74. The Morgan fingerprint density at radius 2 is 2.00 bits per heavy atom. The van der Waals surface area contributed by atoms with Crippen LogP contribution in [0.4, 0.5) is 0 Å². The molecule has 9 heteroatoms. The molecule has 0 aliphatic rings. The van der Waals surface area contributed by atoms with Gasteiger partial charge >= 0.3 is 0 Å². The highest BCUT2D eigenvalue weighted by Gasteiger charge is 2.04. The van der Waals surface area contributed by atoms with Crippen LogP contribution in [0, 0.1) is 0 Å². The molecule has 0 unspecified atom stereocenters. The van der Waals surface area contributed by atoms with Crippen LogP contribution in [0.15, 0.2) is 23.4 Å². The van der Waals surface area contributed by atoms with Crippen molar-refractivity contribution in [2.45, 2.75) is 18.1 Å². The number of aromatic nitrogens is 4. The van der Waals surface area contributed by atoms with Gasteiger partial charge in [-0.25, -0.2) is 4.68 Å². The van der Waals surface area contributed by atoms with Gasteiger partial charge in [0.1, 0.15) is 0 Å². The van der Waals surface area contributed by atoms with Gasteiger partial charge in [0.05, 0.1) is 14.2 Å². The molecule has 0 amide bonds. The molecule has 23 heavy (non-hydrogen) atoms. The van der Waals surface area contributed by atoms with Crippen LogP contribution in [0.25, 0.3) is 0 Å². The van der Waals surface area contributed by atoms with Crippen molar-refractivity contribution in [2.75, 3.05) is 26.5 Å². The van der Waals surface area contributed by atoms with Crippen LogP contribution in [-0.2, 0) is 13.6 Å². The summed E-state index contributed by atoms with van der Waals surface area (Å²) in [4.78, 5) is 0. The Hall–Kier alpha value is -1.51. The van der Waals surface area contributed by atoms with E-state index in [1.165, 1.54) is 5.56 Å². The Balaban J connectivity index is 0.00000264. The van der Waals surface area contributed by atoms with Gasteiger partial charge in [0.25, 0.3) is 0 Å². The van der Waals surface area contributed by atoms with Crippen LogP contribution in [-0.4, -0.2) is 46.7 Å².